The minimum Gasteiger partial charge on any atom is -0.466 e. The molecule has 5 heteroatoms. The third kappa shape index (κ3) is 2.41. The summed E-state index contributed by atoms with van der Waals surface area (Å²) in [6.07, 6.45) is 5.44. The van der Waals surface area contributed by atoms with Gasteiger partial charge in [0.05, 0.1) is 29.2 Å². The van der Waals surface area contributed by atoms with Crippen molar-refractivity contribution in [2.75, 3.05) is 5.32 Å². The van der Waals surface area contributed by atoms with E-state index in [1.54, 1.807) is 12.5 Å². The fraction of sp³-hybridized carbons (Fsp3) is 0.300. The molecular weight excluding hydrogens is 258 g/mol. The maximum atomic E-state index is 5.28. The van der Waals surface area contributed by atoms with Crippen LogP contribution in [-0.2, 0) is 13.1 Å². The summed E-state index contributed by atoms with van der Waals surface area (Å²) in [5.74, 6) is 0.888. The molecule has 0 spiro atoms. The van der Waals surface area contributed by atoms with Gasteiger partial charge >= 0.3 is 0 Å². The number of aryl methyl sites for hydroxylation is 1. The second-order valence-electron chi connectivity index (χ2n) is 3.13. The van der Waals surface area contributed by atoms with Crippen molar-refractivity contribution in [2.45, 2.75) is 20.0 Å². The van der Waals surface area contributed by atoms with Crippen LogP contribution in [0.25, 0.3) is 0 Å². The Morgan fingerprint density at radius 3 is 3.07 bits per heavy atom. The van der Waals surface area contributed by atoms with E-state index in [2.05, 4.69) is 33.3 Å². The molecule has 0 amide bonds. The van der Waals surface area contributed by atoms with Crippen LogP contribution in [0.5, 0.6) is 0 Å². The Morgan fingerprint density at radius 1 is 1.60 bits per heavy atom. The van der Waals surface area contributed by atoms with Crippen LogP contribution < -0.4 is 5.32 Å². The Bertz CT molecular complexity index is 435. The fourth-order valence-corrected chi connectivity index (χ4v) is 1.60. The summed E-state index contributed by atoms with van der Waals surface area (Å²) < 4.78 is 8.14. The van der Waals surface area contributed by atoms with Crippen molar-refractivity contribution in [3.63, 3.8) is 0 Å². The molecule has 2 aromatic heterocycles. The second kappa shape index (κ2) is 4.53. The third-order valence-electron chi connectivity index (χ3n) is 2.10. The monoisotopic (exact) mass is 269 g/mol. The molecule has 4 nitrogen and oxygen atoms in total. The van der Waals surface area contributed by atoms with Gasteiger partial charge in [-0.2, -0.15) is 5.10 Å². The lowest BCUT2D eigenvalue weighted by atomic mass is 10.4. The number of nitrogens with zero attached hydrogens (tertiary/aromatic N) is 2. The molecule has 0 bridgehead atoms. The van der Waals surface area contributed by atoms with Gasteiger partial charge in [-0.1, -0.05) is 0 Å². The maximum Gasteiger partial charge on any atom is 0.136 e. The van der Waals surface area contributed by atoms with Gasteiger partial charge in [0.2, 0.25) is 0 Å². The van der Waals surface area contributed by atoms with Crippen molar-refractivity contribution in [3.8, 4) is 0 Å². The standard InChI is InChI=1S/C10H12BrN3O/c1-2-14-7-8(5-13-14)12-6-10-9(11)3-4-15-10/h3-5,7,12H,2,6H2,1H3. The van der Waals surface area contributed by atoms with Crippen LogP contribution >= 0.6 is 15.9 Å². The van der Waals surface area contributed by atoms with Gasteiger partial charge in [0.1, 0.15) is 5.76 Å². The first kappa shape index (κ1) is 10.3. The number of aromatic nitrogens is 2. The fourth-order valence-electron chi connectivity index (χ4n) is 1.26. The van der Waals surface area contributed by atoms with E-state index >= 15 is 0 Å². The normalized spacial score (nSPS) is 10.5. The maximum absolute atomic E-state index is 5.28. The molecule has 0 fully saturated rings. The molecule has 0 saturated heterocycles. The van der Waals surface area contributed by atoms with Crippen molar-refractivity contribution in [1.29, 1.82) is 0 Å². The Morgan fingerprint density at radius 2 is 2.47 bits per heavy atom. The molecule has 0 saturated carbocycles. The van der Waals surface area contributed by atoms with E-state index in [-0.39, 0.29) is 0 Å². The minimum atomic E-state index is 0.656. The third-order valence-corrected chi connectivity index (χ3v) is 2.81. The lowest BCUT2D eigenvalue weighted by Crippen LogP contribution is -1.97. The Labute approximate surface area is 96.4 Å². The number of rotatable bonds is 4. The number of anilines is 1. The average Bonchev–Trinajstić information content (AvgIpc) is 2.84. The lowest BCUT2D eigenvalue weighted by molar-refractivity contribution is 0.516. The Kier molecular flexibility index (Phi) is 3.11. The van der Waals surface area contributed by atoms with E-state index in [9.17, 15) is 0 Å². The lowest BCUT2D eigenvalue weighted by Gasteiger charge is -2.00. The van der Waals surface area contributed by atoms with Gasteiger partial charge in [-0.05, 0) is 28.9 Å². The first-order valence-corrected chi connectivity index (χ1v) is 5.57. The number of hydrogen-bond acceptors (Lipinski definition) is 3. The Balaban J connectivity index is 1.96. The van der Waals surface area contributed by atoms with E-state index in [4.69, 9.17) is 4.42 Å². The second-order valence-corrected chi connectivity index (χ2v) is 3.98. The number of hydrogen-bond donors (Lipinski definition) is 1. The van der Waals surface area contributed by atoms with Crippen LogP contribution in [0.3, 0.4) is 0 Å². The van der Waals surface area contributed by atoms with Crippen LogP contribution in [0.15, 0.2) is 33.6 Å². The summed E-state index contributed by atoms with van der Waals surface area (Å²) in [7, 11) is 0. The highest BCUT2D eigenvalue weighted by atomic mass is 79.9. The molecule has 0 radical (unpaired) electrons. The molecule has 2 aromatic rings. The van der Waals surface area contributed by atoms with Crippen molar-refractivity contribution in [3.05, 3.63) is 35.0 Å². The van der Waals surface area contributed by atoms with Crippen LogP contribution in [0.4, 0.5) is 5.69 Å². The van der Waals surface area contributed by atoms with Gasteiger partial charge in [-0.25, -0.2) is 0 Å². The molecule has 0 atom stereocenters. The summed E-state index contributed by atoms with van der Waals surface area (Å²) in [4.78, 5) is 0. The first-order valence-electron chi connectivity index (χ1n) is 4.78. The summed E-state index contributed by atoms with van der Waals surface area (Å²) >= 11 is 3.40. The van der Waals surface area contributed by atoms with E-state index < -0.39 is 0 Å². The van der Waals surface area contributed by atoms with Gasteiger partial charge in [0.25, 0.3) is 0 Å². The molecular formula is C10H12BrN3O. The van der Waals surface area contributed by atoms with Crippen molar-refractivity contribution in [2.24, 2.45) is 0 Å². The van der Waals surface area contributed by atoms with Crippen LogP contribution in [0.1, 0.15) is 12.7 Å². The molecule has 1 N–H and O–H groups in total. The number of nitrogens with one attached hydrogen (secondary N) is 1. The van der Waals surface area contributed by atoms with E-state index in [1.807, 2.05) is 16.9 Å². The van der Waals surface area contributed by atoms with Gasteiger partial charge in [0.15, 0.2) is 0 Å². The molecule has 80 valence electrons. The molecule has 0 aliphatic rings. The molecule has 2 rings (SSSR count). The van der Waals surface area contributed by atoms with Gasteiger partial charge in [-0.3, -0.25) is 4.68 Å². The first-order chi connectivity index (χ1) is 7.29. The van der Waals surface area contributed by atoms with E-state index in [1.165, 1.54) is 0 Å². The van der Waals surface area contributed by atoms with Crippen LogP contribution in [-0.4, -0.2) is 9.78 Å². The highest BCUT2D eigenvalue weighted by molar-refractivity contribution is 9.10. The predicted molar refractivity (Wildman–Crippen MR) is 61.6 cm³/mol. The molecule has 15 heavy (non-hydrogen) atoms. The molecule has 0 aliphatic carbocycles. The average molecular weight is 270 g/mol. The number of furan rings is 1. The highest BCUT2D eigenvalue weighted by Gasteiger charge is 2.03. The minimum absolute atomic E-state index is 0.656. The van der Waals surface area contributed by atoms with Crippen molar-refractivity contribution >= 4 is 21.6 Å². The smallest absolute Gasteiger partial charge is 0.136 e. The zero-order chi connectivity index (χ0) is 10.7. The highest BCUT2D eigenvalue weighted by Crippen LogP contribution is 2.18. The van der Waals surface area contributed by atoms with E-state index in [0.29, 0.717) is 6.54 Å². The SMILES string of the molecule is CCn1cc(NCc2occc2Br)cn1. The van der Waals surface area contributed by atoms with Gasteiger partial charge in [-0.15, -0.1) is 0 Å². The predicted octanol–water partition coefficient (Wildman–Crippen LogP) is 2.87. The van der Waals surface area contributed by atoms with Crippen LogP contribution in [0, 0.1) is 0 Å². The summed E-state index contributed by atoms with van der Waals surface area (Å²) in [6.45, 7) is 3.59. The van der Waals surface area contributed by atoms with E-state index in [0.717, 1.165) is 22.5 Å². The summed E-state index contributed by atoms with van der Waals surface area (Å²) in [5, 5.41) is 7.40. The summed E-state index contributed by atoms with van der Waals surface area (Å²) in [6, 6.07) is 1.88. The van der Waals surface area contributed by atoms with Gasteiger partial charge in [0, 0.05) is 12.7 Å². The largest absolute Gasteiger partial charge is 0.466 e. The Hall–Kier alpha value is -1.23. The number of halogens is 1. The quantitative estimate of drug-likeness (QED) is 0.928. The van der Waals surface area contributed by atoms with Crippen molar-refractivity contribution < 1.29 is 4.42 Å². The van der Waals surface area contributed by atoms with Gasteiger partial charge < -0.3 is 9.73 Å². The molecule has 2 heterocycles. The van der Waals surface area contributed by atoms with Crippen molar-refractivity contribution in [1.82, 2.24) is 9.78 Å². The zero-order valence-electron chi connectivity index (χ0n) is 8.40. The zero-order valence-corrected chi connectivity index (χ0v) is 9.99. The molecule has 0 aromatic carbocycles. The molecule has 0 aliphatic heterocycles. The van der Waals surface area contributed by atoms with Crippen LogP contribution in [0.2, 0.25) is 0 Å². The topological polar surface area (TPSA) is 43.0 Å². The summed E-state index contributed by atoms with van der Waals surface area (Å²) in [5.41, 5.74) is 1.00. The molecule has 0 unspecified atom stereocenters.